The van der Waals surface area contributed by atoms with Crippen molar-refractivity contribution in [2.75, 3.05) is 13.2 Å². The highest BCUT2D eigenvalue weighted by Gasteiger charge is 2.36. The number of hydrogen-bond donors (Lipinski definition) is 3. The lowest BCUT2D eigenvalue weighted by Gasteiger charge is -2.35. The number of ether oxygens (including phenoxy) is 1. The molecule has 1 heterocycles. The van der Waals surface area contributed by atoms with E-state index in [1.54, 1.807) is 13.8 Å². The third-order valence-corrected chi connectivity index (χ3v) is 5.52. The number of alkyl halides is 3. The molecule has 0 radical (unpaired) electrons. The summed E-state index contributed by atoms with van der Waals surface area (Å²) < 4.78 is 3.21. The van der Waals surface area contributed by atoms with Gasteiger partial charge in [0.25, 0.3) is 5.91 Å². The van der Waals surface area contributed by atoms with Gasteiger partial charge in [-0.2, -0.15) is 5.26 Å². The molecular formula is C21H30Cl3N5O5. The maximum Gasteiger partial charge on any atom is 0.325 e. The van der Waals surface area contributed by atoms with Crippen molar-refractivity contribution in [1.29, 1.82) is 5.26 Å². The minimum atomic E-state index is -1.75. The molecular weight excluding hydrogens is 509 g/mol. The molecule has 190 valence electrons. The van der Waals surface area contributed by atoms with Gasteiger partial charge in [0.2, 0.25) is 15.6 Å². The third kappa shape index (κ3) is 8.62. The van der Waals surface area contributed by atoms with Crippen LogP contribution in [0.3, 0.4) is 0 Å². The number of nitrogens with one attached hydrogen (secondary N) is 3. The zero-order valence-corrected chi connectivity index (χ0v) is 21.8. The summed E-state index contributed by atoms with van der Waals surface area (Å²) in [5, 5.41) is 15.6. The Kier molecular flexibility index (Phi) is 11.1. The molecule has 4 atom stereocenters. The standard InChI is InChI=1S/C21H30Cl3N5O5/c1-6-20(5,10-25)19(33)27-15(12(2)3)16(30)26-13(4)17(31)29-9-7-8-14(28-29)18(32)34-11-21(22,23)24/h6,12-15,28H,1,7-9,11H2,2-5H3,(H,26,30)(H,27,33)/t13-,14-,15-,20?/m0/s1. The van der Waals surface area contributed by atoms with Crippen LogP contribution < -0.4 is 16.1 Å². The number of nitrogens with zero attached hydrogens (tertiary/aromatic N) is 2. The van der Waals surface area contributed by atoms with E-state index in [0.29, 0.717) is 19.4 Å². The van der Waals surface area contributed by atoms with Gasteiger partial charge in [0.05, 0.1) is 6.07 Å². The van der Waals surface area contributed by atoms with Crippen molar-refractivity contribution in [1.82, 2.24) is 21.1 Å². The lowest BCUT2D eigenvalue weighted by molar-refractivity contribution is -0.152. The van der Waals surface area contributed by atoms with Crippen LogP contribution in [0.1, 0.15) is 40.5 Å². The largest absolute Gasteiger partial charge is 0.460 e. The van der Waals surface area contributed by atoms with Gasteiger partial charge in [0.1, 0.15) is 24.7 Å². The predicted octanol–water partition coefficient (Wildman–Crippen LogP) is 1.76. The second-order valence-electron chi connectivity index (χ2n) is 8.48. The van der Waals surface area contributed by atoms with E-state index in [1.807, 2.05) is 6.07 Å². The van der Waals surface area contributed by atoms with E-state index in [0.717, 1.165) is 0 Å². The normalized spacial score (nSPS) is 19.7. The van der Waals surface area contributed by atoms with Crippen LogP contribution in [0.4, 0.5) is 0 Å². The second kappa shape index (κ2) is 12.6. The van der Waals surface area contributed by atoms with Crippen molar-refractivity contribution >= 4 is 58.5 Å². The lowest BCUT2D eigenvalue weighted by atomic mass is 9.90. The third-order valence-electron chi connectivity index (χ3n) is 5.19. The first-order valence-corrected chi connectivity index (χ1v) is 11.8. The van der Waals surface area contributed by atoms with Crippen molar-refractivity contribution in [3.05, 3.63) is 12.7 Å². The van der Waals surface area contributed by atoms with E-state index < -0.39 is 57.6 Å². The Bertz CT molecular complexity index is 842. The zero-order chi connectivity index (χ0) is 26.3. The van der Waals surface area contributed by atoms with Gasteiger partial charge in [0.15, 0.2) is 5.41 Å². The van der Waals surface area contributed by atoms with Gasteiger partial charge in [-0.15, -0.1) is 6.58 Å². The fourth-order valence-corrected chi connectivity index (χ4v) is 3.15. The summed E-state index contributed by atoms with van der Waals surface area (Å²) in [6.07, 6.45) is 2.11. The number of esters is 1. The SMILES string of the molecule is C=CC(C)(C#N)C(=O)N[C@H](C(=O)N[C@@H](C)C(=O)N1CCC[C@@H](C(=O)OCC(Cl)(Cl)Cl)N1)C(C)C. The van der Waals surface area contributed by atoms with Crippen molar-refractivity contribution in [3.8, 4) is 6.07 Å². The highest BCUT2D eigenvalue weighted by molar-refractivity contribution is 6.67. The van der Waals surface area contributed by atoms with Crippen molar-refractivity contribution < 1.29 is 23.9 Å². The Morgan fingerprint density at radius 3 is 2.38 bits per heavy atom. The molecule has 0 bridgehead atoms. The van der Waals surface area contributed by atoms with E-state index in [9.17, 15) is 24.4 Å². The topological polar surface area (TPSA) is 141 Å². The summed E-state index contributed by atoms with van der Waals surface area (Å²) in [7, 11) is 0. The first kappa shape index (κ1) is 30.0. The highest BCUT2D eigenvalue weighted by atomic mass is 35.6. The average Bonchev–Trinajstić information content (AvgIpc) is 2.78. The molecule has 1 rings (SSSR count). The van der Waals surface area contributed by atoms with Crippen LogP contribution in [0.15, 0.2) is 12.7 Å². The molecule has 10 nitrogen and oxygen atoms in total. The Morgan fingerprint density at radius 2 is 1.88 bits per heavy atom. The van der Waals surface area contributed by atoms with Gasteiger partial charge < -0.3 is 15.4 Å². The van der Waals surface area contributed by atoms with Gasteiger partial charge in [-0.05, 0) is 32.6 Å². The molecule has 0 spiro atoms. The van der Waals surface area contributed by atoms with Crippen LogP contribution in [-0.4, -0.2) is 63.8 Å². The molecule has 1 aliphatic heterocycles. The molecule has 13 heteroatoms. The van der Waals surface area contributed by atoms with Gasteiger partial charge >= 0.3 is 5.97 Å². The quantitative estimate of drug-likeness (QED) is 0.231. The van der Waals surface area contributed by atoms with Crippen LogP contribution >= 0.6 is 34.8 Å². The van der Waals surface area contributed by atoms with Crippen molar-refractivity contribution in [2.45, 2.75) is 62.5 Å². The molecule has 1 fully saturated rings. The summed E-state index contributed by atoms with van der Waals surface area (Å²) in [4.78, 5) is 50.4. The summed E-state index contributed by atoms with van der Waals surface area (Å²) in [5.41, 5.74) is 1.27. The average molecular weight is 539 g/mol. The number of halogens is 3. The number of carbonyl (C=O) groups is 4. The van der Waals surface area contributed by atoms with E-state index >= 15 is 0 Å². The van der Waals surface area contributed by atoms with E-state index in [-0.39, 0.29) is 5.92 Å². The van der Waals surface area contributed by atoms with Crippen LogP contribution in [0.2, 0.25) is 0 Å². The summed E-state index contributed by atoms with van der Waals surface area (Å²) in [5.74, 6) is -2.76. The minimum Gasteiger partial charge on any atom is -0.460 e. The van der Waals surface area contributed by atoms with E-state index in [1.165, 1.54) is 24.9 Å². The molecule has 0 aliphatic carbocycles. The zero-order valence-electron chi connectivity index (χ0n) is 19.5. The minimum absolute atomic E-state index is 0.303. The molecule has 1 unspecified atom stereocenters. The molecule has 0 aromatic rings. The van der Waals surface area contributed by atoms with Crippen LogP contribution in [-0.2, 0) is 23.9 Å². The molecule has 0 saturated carbocycles. The number of hydrazine groups is 1. The summed E-state index contributed by atoms with van der Waals surface area (Å²) >= 11 is 16.8. The monoisotopic (exact) mass is 537 g/mol. The molecule has 0 aromatic heterocycles. The van der Waals surface area contributed by atoms with Crippen molar-refractivity contribution in [3.63, 3.8) is 0 Å². The number of rotatable bonds is 9. The Morgan fingerprint density at radius 1 is 1.26 bits per heavy atom. The van der Waals surface area contributed by atoms with Gasteiger partial charge in [-0.3, -0.25) is 24.2 Å². The molecule has 0 aromatic carbocycles. The van der Waals surface area contributed by atoms with Gasteiger partial charge in [-0.1, -0.05) is 54.7 Å². The number of carbonyl (C=O) groups excluding carboxylic acids is 4. The Hall–Kier alpha value is -2.06. The number of amides is 3. The summed E-state index contributed by atoms with van der Waals surface area (Å²) in [6.45, 7) is 9.66. The second-order valence-corrected chi connectivity index (χ2v) is 11.0. The Balaban J connectivity index is 2.78. The maximum atomic E-state index is 12.9. The van der Waals surface area contributed by atoms with E-state index in [2.05, 4.69) is 22.6 Å². The first-order valence-electron chi connectivity index (χ1n) is 10.6. The first-order chi connectivity index (χ1) is 15.6. The number of hydrogen-bond acceptors (Lipinski definition) is 7. The van der Waals surface area contributed by atoms with Gasteiger partial charge in [0, 0.05) is 6.54 Å². The fraction of sp³-hybridized carbons (Fsp3) is 0.667. The molecule has 3 amide bonds. The predicted molar refractivity (Wildman–Crippen MR) is 127 cm³/mol. The molecule has 34 heavy (non-hydrogen) atoms. The van der Waals surface area contributed by atoms with Crippen LogP contribution in [0.5, 0.6) is 0 Å². The summed E-state index contributed by atoms with van der Waals surface area (Å²) in [6, 6.07) is -0.936. The lowest BCUT2D eigenvalue weighted by Crippen LogP contribution is -2.61. The van der Waals surface area contributed by atoms with Gasteiger partial charge in [-0.25, -0.2) is 5.43 Å². The molecule has 3 N–H and O–H groups in total. The van der Waals surface area contributed by atoms with Crippen molar-refractivity contribution in [2.24, 2.45) is 11.3 Å². The Labute approximate surface area is 214 Å². The van der Waals surface area contributed by atoms with Crippen LogP contribution in [0.25, 0.3) is 0 Å². The maximum absolute atomic E-state index is 12.9. The molecule has 1 saturated heterocycles. The fourth-order valence-electron chi connectivity index (χ4n) is 2.98. The van der Waals surface area contributed by atoms with E-state index in [4.69, 9.17) is 39.5 Å². The number of nitriles is 1. The smallest absolute Gasteiger partial charge is 0.325 e. The van der Waals surface area contributed by atoms with Crippen LogP contribution in [0, 0.1) is 22.7 Å². The molecule has 1 aliphatic rings. The highest BCUT2D eigenvalue weighted by Crippen LogP contribution is 2.26.